The molecule has 0 spiro atoms. The molecule has 7 heteroatoms. The smallest absolute Gasteiger partial charge is 0.243 e. The van der Waals surface area contributed by atoms with E-state index in [0.29, 0.717) is 19.0 Å². The summed E-state index contributed by atoms with van der Waals surface area (Å²) in [6.07, 6.45) is 4.91. The molecule has 1 aliphatic carbocycles. The summed E-state index contributed by atoms with van der Waals surface area (Å²) in [6, 6.07) is 0. The number of nitrogens with zero attached hydrogens (tertiary/aromatic N) is 2. The van der Waals surface area contributed by atoms with Crippen LogP contribution >= 0.6 is 0 Å². The van der Waals surface area contributed by atoms with Gasteiger partial charge in [-0.05, 0) is 24.2 Å². The van der Waals surface area contributed by atoms with Gasteiger partial charge >= 0.3 is 0 Å². The average molecular weight is 287 g/mol. The van der Waals surface area contributed by atoms with Gasteiger partial charge in [-0.3, -0.25) is 4.68 Å². The van der Waals surface area contributed by atoms with Gasteiger partial charge in [-0.15, -0.1) is 0 Å². The Morgan fingerprint density at radius 2 is 2.21 bits per heavy atom. The van der Waals surface area contributed by atoms with Crippen molar-refractivity contribution in [1.29, 1.82) is 0 Å². The van der Waals surface area contributed by atoms with Crippen molar-refractivity contribution in [3.05, 3.63) is 12.4 Å². The first-order valence-corrected chi connectivity index (χ1v) is 8.01. The highest BCUT2D eigenvalue weighted by Gasteiger charge is 2.45. The van der Waals surface area contributed by atoms with Crippen molar-refractivity contribution in [3.63, 3.8) is 0 Å². The Balaban J connectivity index is 2.01. The van der Waals surface area contributed by atoms with Gasteiger partial charge in [-0.1, -0.05) is 13.8 Å². The third-order valence-electron chi connectivity index (χ3n) is 3.98. The Labute approximate surface area is 113 Å². The van der Waals surface area contributed by atoms with Crippen molar-refractivity contribution in [2.24, 2.45) is 11.3 Å². The SMILES string of the molecule is CC(C)C1(CNS(=O)(=O)c2cnn(CCO)c2)CC1. The van der Waals surface area contributed by atoms with Crippen LogP contribution in [0.5, 0.6) is 0 Å². The molecule has 0 amide bonds. The lowest BCUT2D eigenvalue weighted by Gasteiger charge is -2.19. The molecule has 0 atom stereocenters. The van der Waals surface area contributed by atoms with Crippen LogP contribution in [0.1, 0.15) is 26.7 Å². The Hall–Kier alpha value is -0.920. The molecule has 1 aromatic heterocycles. The molecule has 2 N–H and O–H groups in total. The monoisotopic (exact) mass is 287 g/mol. The number of rotatable bonds is 7. The van der Waals surface area contributed by atoms with E-state index in [0.717, 1.165) is 12.8 Å². The maximum absolute atomic E-state index is 12.1. The Morgan fingerprint density at radius 3 is 2.74 bits per heavy atom. The molecule has 108 valence electrons. The number of hydrogen-bond acceptors (Lipinski definition) is 4. The van der Waals surface area contributed by atoms with E-state index in [-0.39, 0.29) is 16.9 Å². The second-order valence-corrected chi connectivity index (χ2v) is 7.27. The minimum Gasteiger partial charge on any atom is -0.394 e. The van der Waals surface area contributed by atoms with E-state index < -0.39 is 10.0 Å². The third kappa shape index (κ3) is 3.16. The van der Waals surface area contributed by atoms with E-state index in [2.05, 4.69) is 23.7 Å². The lowest BCUT2D eigenvalue weighted by atomic mass is 9.93. The van der Waals surface area contributed by atoms with Crippen molar-refractivity contribution in [1.82, 2.24) is 14.5 Å². The summed E-state index contributed by atoms with van der Waals surface area (Å²) < 4.78 is 28.3. The molecular formula is C12H21N3O3S. The van der Waals surface area contributed by atoms with Crippen LogP contribution in [0.4, 0.5) is 0 Å². The van der Waals surface area contributed by atoms with Crippen molar-refractivity contribution in [3.8, 4) is 0 Å². The molecule has 0 bridgehead atoms. The first-order valence-electron chi connectivity index (χ1n) is 6.53. The molecule has 0 aromatic carbocycles. The third-order valence-corrected chi connectivity index (χ3v) is 5.34. The summed E-state index contributed by atoms with van der Waals surface area (Å²) in [7, 11) is -3.50. The van der Waals surface area contributed by atoms with Crippen molar-refractivity contribution < 1.29 is 13.5 Å². The molecule has 6 nitrogen and oxygen atoms in total. The minimum atomic E-state index is -3.50. The molecule has 0 unspecified atom stereocenters. The van der Waals surface area contributed by atoms with Crippen molar-refractivity contribution >= 4 is 10.0 Å². The fourth-order valence-corrected chi connectivity index (χ4v) is 3.24. The van der Waals surface area contributed by atoms with Crippen molar-refractivity contribution in [2.45, 2.75) is 38.1 Å². The Bertz CT molecular complexity index is 532. The second-order valence-electron chi connectivity index (χ2n) is 5.50. The highest BCUT2D eigenvalue weighted by atomic mass is 32.2. The molecule has 2 rings (SSSR count). The molecule has 0 saturated heterocycles. The second kappa shape index (κ2) is 5.22. The van der Waals surface area contributed by atoms with Crippen LogP contribution in [0.2, 0.25) is 0 Å². The van der Waals surface area contributed by atoms with Gasteiger partial charge in [-0.25, -0.2) is 13.1 Å². The summed E-state index contributed by atoms with van der Waals surface area (Å²) >= 11 is 0. The van der Waals surface area contributed by atoms with Gasteiger partial charge < -0.3 is 5.11 Å². The number of hydrogen-bond donors (Lipinski definition) is 2. The number of aromatic nitrogens is 2. The zero-order valence-electron chi connectivity index (χ0n) is 11.3. The van der Waals surface area contributed by atoms with Crippen molar-refractivity contribution in [2.75, 3.05) is 13.2 Å². The summed E-state index contributed by atoms with van der Waals surface area (Å²) in [5.41, 5.74) is 0.133. The van der Waals surface area contributed by atoms with Crippen LogP contribution in [-0.4, -0.2) is 36.5 Å². The molecule has 0 aliphatic heterocycles. The van der Waals surface area contributed by atoms with Gasteiger partial charge in [0.2, 0.25) is 10.0 Å². The maximum atomic E-state index is 12.1. The normalized spacial score (nSPS) is 17.9. The van der Waals surface area contributed by atoms with Crippen LogP contribution in [0.25, 0.3) is 0 Å². The molecule has 1 saturated carbocycles. The highest BCUT2D eigenvalue weighted by molar-refractivity contribution is 7.89. The predicted octanol–water partition coefficient (Wildman–Crippen LogP) is 0.590. The van der Waals surface area contributed by atoms with E-state index in [1.807, 2.05) is 0 Å². The zero-order valence-corrected chi connectivity index (χ0v) is 12.2. The molecule has 19 heavy (non-hydrogen) atoms. The van der Waals surface area contributed by atoms with E-state index in [1.165, 1.54) is 17.1 Å². The van der Waals surface area contributed by atoms with Crippen LogP contribution in [-0.2, 0) is 16.6 Å². The van der Waals surface area contributed by atoms with E-state index in [9.17, 15) is 8.42 Å². The van der Waals surface area contributed by atoms with Gasteiger partial charge in [0.15, 0.2) is 0 Å². The predicted molar refractivity (Wildman–Crippen MR) is 71.0 cm³/mol. The maximum Gasteiger partial charge on any atom is 0.243 e. The fourth-order valence-electron chi connectivity index (χ4n) is 2.15. The Morgan fingerprint density at radius 1 is 1.53 bits per heavy atom. The first-order chi connectivity index (χ1) is 8.89. The van der Waals surface area contributed by atoms with E-state index in [1.54, 1.807) is 0 Å². The van der Waals surface area contributed by atoms with Crippen LogP contribution in [0.3, 0.4) is 0 Å². The van der Waals surface area contributed by atoms with Gasteiger partial charge in [0.1, 0.15) is 4.90 Å². The molecular weight excluding hydrogens is 266 g/mol. The van der Waals surface area contributed by atoms with Crippen LogP contribution < -0.4 is 4.72 Å². The minimum absolute atomic E-state index is 0.0644. The topological polar surface area (TPSA) is 84.2 Å². The molecule has 1 fully saturated rings. The average Bonchev–Trinajstić information content (AvgIpc) is 3.00. The molecule has 1 aromatic rings. The zero-order chi connectivity index (χ0) is 14.1. The highest BCUT2D eigenvalue weighted by Crippen LogP contribution is 2.51. The largest absolute Gasteiger partial charge is 0.394 e. The van der Waals surface area contributed by atoms with Gasteiger partial charge in [-0.2, -0.15) is 5.10 Å². The standard InChI is InChI=1S/C12H21N3O3S/c1-10(2)12(3-4-12)9-14-19(17,18)11-7-13-15(8-11)5-6-16/h7-8,10,14,16H,3-6,9H2,1-2H3. The molecule has 1 heterocycles. The quantitative estimate of drug-likeness (QED) is 0.769. The lowest BCUT2D eigenvalue weighted by Crippen LogP contribution is -2.32. The summed E-state index contributed by atoms with van der Waals surface area (Å²) in [5.74, 6) is 0.479. The van der Waals surface area contributed by atoms with E-state index in [4.69, 9.17) is 5.11 Å². The van der Waals surface area contributed by atoms with Crippen LogP contribution in [0, 0.1) is 11.3 Å². The summed E-state index contributed by atoms with van der Waals surface area (Å²) in [5, 5.41) is 12.7. The lowest BCUT2D eigenvalue weighted by molar-refractivity contribution is 0.269. The number of aliphatic hydroxyl groups is 1. The number of sulfonamides is 1. The number of aliphatic hydroxyl groups excluding tert-OH is 1. The number of nitrogens with one attached hydrogen (secondary N) is 1. The Kier molecular flexibility index (Phi) is 3.98. The van der Waals surface area contributed by atoms with Crippen LogP contribution in [0.15, 0.2) is 17.3 Å². The first kappa shape index (κ1) is 14.5. The molecule has 0 radical (unpaired) electrons. The van der Waals surface area contributed by atoms with Gasteiger partial charge in [0.25, 0.3) is 0 Å². The summed E-state index contributed by atoms with van der Waals surface area (Å²) in [4.78, 5) is 0.153. The van der Waals surface area contributed by atoms with Gasteiger partial charge in [0, 0.05) is 12.7 Å². The molecule has 1 aliphatic rings. The summed E-state index contributed by atoms with van der Waals surface area (Å²) in [6.45, 7) is 4.97. The fraction of sp³-hybridized carbons (Fsp3) is 0.750. The van der Waals surface area contributed by atoms with E-state index >= 15 is 0 Å². The van der Waals surface area contributed by atoms with Gasteiger partial charge in [0.05, 0.1) is 19.3 Å².